The number of nitrogens with two attached hydrogens (primary N) is 1. The second kappa shape index (κ2) is 5.55. The van der Waals surface area contributed by atoms with Gasteiger partial charge in [-0.05, 0) is 29.7 Å². The lowest BCUT2D eigenvalue weighted by atomic mass is 9.99. The summed E-state index contributed by atoms with van der Waals surface area (Å²) in [5.41, 5.74) is 5.80. The van der Waals surface area contributed by atoms with Crippen molar-refractivity contribution in [2.45, 2.75) is 19.0 Å². The third-order valence-electron chi connectivity index (χ3n) is 2.26. The van der Waals surface area contributed by atoms with E-state index in [2.05, 4.69) is 0 Å². The number of halogens is 2. The number of hydrogen-bond donors (Lipinski definition) is 2. The maximum atomic E-state index is 13.4. The summed E-state index contributed by atoms with van der Waals surface area (Å²) in [5, 5.41) is 8.52. The first-order valence-corrected chi connectivity index (χ1v) is 4.89. The lowest BCUT2D eigenvalue weighted by Crippen LogP contribution is -2.11. The SMILES string of the molecule is NCC(F)c1cc(F)ccc1CCC(=O)O. The normalized spacial score (nSPS) is 12.4. The van der Waals surface area contributed by atoms with Gasteiger partial charge >= 0.3 is 5.97 Å². The lowest BCUT2D eigenvalue weighted by molar-refractivity contribution is -0.136. The van der Waals surface area contributed by atoms with Gasteiger partial charge in [0.05, 0.1) is 0 Å². The maximum absolute atomic E-state index is 13.4. The topological polar surface area (TPSA) is 63.3 Å². The van der Waals surface area contributed by atoms with E-state index in [1.807, 2.05) is 0 Å². The van der Waals surface area contributed by atoms with Gasteiger partial charge in [-0.3, -0.25) is 4.79 Å². The number of rotatable bonds is 5. The average molecular weight is 229 g/mol. The predicted molar refractivity (Wildman–Crippen MR) is 55.3 cm³/mol. The molecule has 1 atom stereocenters. The van der Waals surface area contributed by atoms with Crippen LogP contribution in [0.5, 0.6) is 0 Å². The highest BCUT2D eigenvalue weighted by molar-refractivity contribution is 5.67. The third-order valence-corrected chi connectivity index (χ3v) is 2.26. The Labute approximate surface area is 91.9 Å². The summed E-state index contributed by atoms with van der Waals surface area (Å²) in [6, 6.07) is 3.65. The number of carbonyl (C=O) groups is 1. The Morgan fingerprint density at radius 1 is 1.50 bits per heavy atom. The van der Waals surface area contributed by atoms with Crippen LogP contribution in [0.4, 0.5) is 8.78 Å². The quantitative estimate of drug-likeness (QED) is 0.809. The molecule has 3 nitrogen and oxygen atoms in total. The molecule has 0 amide bonds. The molecule has 1 aromatic rings. The lowest BCUT2D eigenvalue weighted by Gasteiger charge is -2.11. The van der Waals surface area contributed by atoms with Crippen LogP contribution < -0.4 is 5.73 Å². The molecule has 0 bridgehead atoms. The van der Waals surface area contributed by atoms with E-state index < -0.39 is 18.0 Å². The zero-order valence-electron chi connectivity index (χ0n) is 8.62. The molecule has 88 valence electrons. The van der Waals surface area contributed by atoms with E-state index in [1.54, 1.807) is 0 Å². The molecule has 0 heterocycles. The second-order valence-electron chi connectivity index (χ2n) is 3.44. The van der Waals surface area contributed by atoms with Gasteiger partial charge in [0, 0.05) is 13.0 Å². The van der Waals surface area contributed by atoms with Crippen molar-refractivity contribution in [1.82, 2.24) is 0 Å². The standard InChI is InChI=1S/C11H13F2NO2/c12-8-3-1-7(2-4-11(15)16)9(5-8)10(13)6-14/h1,3,5,10H,2,4,6,14H2,(H,15,16). The molecule has 0 fully saturated rings. The molecule has 0 aliphatic heterocycles. The highest BCUT2D eigenvalue weighted by atomic mass is 19.1. The van der Waals surface area contributed by atoms with Crippen molar-refractivity contribution < 1.29 is 18.7 Å². The van der Waals surface area contributed by atoms with Crippen molar-refractivity contribution in [1.29, 1.82) is 0 Å². The Balaban J connectivity index is 2.93. The van der Waals surface area contributed by atoms with Crippen LogP contribution in [0.3, 0.4) is 0 Å². The van der Waals surface area contributed by atoms with E-state index in [4.69, 9.17) is 10.8 Å². The number of aryl methyl sites for hydroxylation is 1. The first-order chi connectivity index (χ1) is 7.54. The van der Waals surface area contributed by atoms with Crippen LogP contribution >= 0.6 is 0 Å². The summed E-state index contributed by atoms with van der Waals surface area (Å²) < 4.78 is 26.3. The predicted octanol–water partition coefficient (Wildman–Crippen LogP) is 1.81. The minimum Gasteiger partial charge on any atom is -0.481 e. The van der Waals surface area contributed by atoms with Gasteiger partial charge in [0.1, 0.15) is 12.0 Å². The summed E-state index contributed by atoms with van der Waals surface area (Å²) in [6.45, 7) is -0.247. The van der Waals surface area contributed by atoms with Crippen LogP contribution in [-0.4, -0.2) is 17.6 Å². The molecule has 0 radical (unpaired) electrons. The van der Waals surface area contributed by atoms with Gasteiger partial charge in [-0.25, -0.2) is 8.78 Å². The van der Waals surface area contributed by atoms with Gasteiger partial charge in [0.15, 0.2) is 0 Å². The Morgan fingerprint density at radius 2 is 2.19 bits per heavy atom. The fourth-order valence-electron chi connectivity index (χ4n) is 1.45. The average Bonchev–Trinajstić information content (AvgIpc) is 2.26. The molecule has 0 aliphatic carbocycles. The third kappa shape index (κ3) is 3.27. The highest BCUT2D eigenvalue weighted by Gasteiger charge is 2.14. The largest absolute Gasteiger partial charge is 0.481 e. The van der Waals surface area contributed by atoms with Crippen molar-refractivity contribution >= 4 is 5.97 Å². The molecule has 3 N–H and O–H groups in total. The van der Waals surface area contributed by atoms with Gasteiger partial charge in [-0.2, -0.15) is 0 Å². The van der Waals surface area contributed by atoms with Crippen molar-refractivity contribution in [2.75, 3.05) is 6.54 Å². The van der Waals surface area contributed by atoms with Crippen molar-refractivity contribution in [2.24, 2.45) is 5.73 Å². The van der Waals surface area contributed by atoms with E-state index in [1.165, 1.54) is 12.1 Å². The molecule has 0 aliphatic rings. The van der Waals surface area contributed by atoms with Crippen LogP contribution in [0.15, 0.2) is 18.2 Å². The summed E-state index contributed by atoms with van der Waals surface area (Å²) in [5.74, 6) is -1.52. The monoisotopic (exact) mass is 229 g/mol. The zero-order valence-corrected chi connectivity index (χ0v) is 8.62. The summed E-state index contributed by atoms with van der Waals surface area (Å²) in [7, 11) is 0. The number of alkyl halides is 1. The number of aliphatic carboxylic acids is 1. The molecule has 5 heteroatoms. The fraction of sp³-hybridized carbons (Fsp3) is 0.364. The first-order valence-electron chi connectivity index (χ1n) is 4.89. The smallest absolute Gasteiger partial charge is 0.303 e. The summed E-state index contributed by atoms with van der Waals surface area (Å²) >= 11 is 0. The Kier molecular flexibility index (Phi) is 4.37. The van der Waals surface area contributed by atoms with Crippen LogP contribution in [0, 0.1) is 5.82 Å². The van der Waals surface area contributed by atoms with Gasteiger partial charge in [-0.15, -0.1) is 0 Å². The van der Waals surface area contributed by atoms with Crippen molar-refractivity contribution in [3.63, 3.8) is 0 Å². The molecule has 0 spiro atoms. The fourth-order valence-corrected chi connectivity index (χ4v) is 1.45. The molecule has 0 saturated carbocycles. The second-order valence-corrected chi connectivity index (χ2v) is 3.44. The molecule has 0 saturated heterocycles. The summed E-state index contributed by atoms with van der Waals surface area (Å²) in [4.78, 5) is 10.4. The van der Waals surface area contributed by atoms with Crippen LogP contribution in [0.25, 0.3) is 0 Å². The summed E-state index contributed by atoms with van der Waals surface area (Å²) in [6.07, 6.45) is -1.40. The van der Waals surface area contributed by atoms with Gasteiger partial charge in [0.25, 0.3) is 0 Å². The van der Waals surface area contributed by atoms with Gasteiger partial charge < -0.3 is 10.8 Å². The van der Waals surface area contributed by atoms with E-state index in [0.717, 1.165) is 6.07 Å². The Bertz CT molecular complexity index is 382. The minimum absolute atomic E-state index is 0.115. The first kappa shape index (κ1) is 12.6. The Morgan fingerprint density at radius 3 is 2.75 bits per heavy atom. The Hall–Kier alpha value is -1.49. The van der Waals surface area contributed by atoms with Crippen LogP contribution in [0.2, 0.25) is 0 Å². The van der Waals surface area contributed by atoms with E-state index >= 15 is 0 Å². The number of benzene rings is 1. The van der Waals surface area contributed by atoms with Crippen molar-refractivity contribution in [3.8, 4) is 0 Å². The molecule has 16 heavy (non-hydrogen) atoms. The van der Waals surface area contributed by atoms with Gasteiger partial charge in [0.2, 0.25) is 0 Å². The highest BCUT2D eigenvalue weighted by Crippen LogP contribution is 2.23. The van der Waals surface area contributed by atoms with Crippen LogP contribution in [0.1, 0.15) is 23.7 Å². The van der Waals surface area contributed by atoms with E-state index in [0.29, 0.717) is 5.56 Å². The van der Waals surface area contributed by atoms with Gasteiger partial charge in [-0.1, -0.05) is 6.07 Å². The van der Waals surface area contributed by atoms with Crippen molar-refractivity contribution in [3.05, 3.63) is 35.1 Å². The maximum Gasteiger partial charge on any atom is 0.303 e. The molecular formula is C11H13F2NO2. The van der Waals surface area contributed by atoms with Crippen LogP contribution in [-0.2, 0) is 11.2 Å². The number of hydrogen-bond acceptors (Lipinski definition) is 2. The minimum atomic E-state index is -1.46. The zero-order chi connectivity index (χ0) is 12.1. The number of carboxylic acid groups (broad SMARTS) is 1. The molecule has 1 rings (SSSR count). The molecular weight excluding hydrogens is 216 g/mol. The molecule has 0 aromatic heterocycles. The van der Waals surface area contributed by atoms with E-state index in [-0.39, 0.29) is 24.9 Å². The number of carboxylic acids is 1. The molecule has 1 unspecified atom stereocenters. The van der Waals surface area contributed by atoms with E-state index in [9.17, 15) is 13.6 Å². The molecule has 1 aromatic carbocycles.